The Kier molecular flexibility index (Phi) is 3.57. The fraction of sp³-hybridized carbons (Fsp3) is 0.429. The molecule has 1 amide bonds. The zero-order valence-electron chi connectivity index (χ0n) is 11.2. The molecule has 0 aromatic heterocycles. The highest BCUT2D eigenvalue weighted by Gasteiger charge is 2.41. The van der Waals surface area contributed by atoms with Gasteiger partial charge in [0.2, 0.25) is 0 Å². The molecular formula is C14H18N2O3. The van der Waals surface area contributed by atoms with Gasteiger partial charge in [-0.25, -0.2) is 4.79 Å². The van der Waals surface area contributed by atoms with Crippen LogP contribution in [-0.2, 0) is 4.74 Å². The molecule has 1 aliphatic heterocycles. The molecule has 1 atom stereocenters. The van der Waals surface area contributed by atoms with Gasteiger partial charge in [0.1, 0.15) is 5.60 Å². The minimum absolute atomic E-state index is 0.0286. The molecule has 2 N–H and O–H groups in total. The maximum Gasteiger partial charge on any atom is 0.415 e. The van der Waals surface area contributed by atoms with Gasteiger partial charge in [-0.2, -0.15) is 0 Å². The van der Waals surface area contributed by atoms with E-state index in [-0.39, 0.29) is 5.78 Å². The Labute approximate surface area is 112 Å². The summed E-state index contributed by atoms with van der Waals surface area (Å²) in [7, 11) is 0. The molecule has 5 heteroatoms. The average molecular weight is 262 g/mol. The Hall–Kier alpha value is -1.88. The summed E-state index contributed by atoms with van der Waals surface area (Å²) in [5.41, 5.74) is 6.24. The first kappa shape index (κ1) is 13.5. The molecule has 1 heterocycles. The summed E-state index contributed by atoms with van der Waals surface area (Å²) in [4.78, 5) is 24.8. The molecule has 5 nitrogen and oxygen atoms in total. The molecule has 1 aromatic rings. The number of amides is 1. The van der Waals surface area contributed by atoms with Gasteiger partial charge in [0.15, 0.2) is 5.78 Å². The lowest BCUT2D eigenvalue weighted by Crippen LogP contribution is -2.33. The van der Waals surface area contributed by atoms with Crippen LogP contribution >= 0.6 is 0 Å². The molecule has 0 spiro atoms. The molecule has 19 heavy (non-hydrogen) atoms. The summed E-state index contributed by atoms with van der Waals surface area (Å²) in [6.45, 7) is 4.28. The first-order chi connectivity index (χ1) is 8.95. The van der Waals surface area contributed by atoms with Gasteiger partial charge in [-0.15, -0.1) is 0 Å². The molecule has 0 radical (unpaired) electrons. The van der Waals surface area contributed by atoms with E-state index >= 15 is 0 Å². The molecule has 1 aliphatic rings. The van der Waals surface area contributed by atoms with E-state index in [9.17, 15) is 9.59 Å². The second-order valence-electron chi connectivity index (χ2n) is 5.05. The number of carbonyl (C=O) groups is 2. The minimum Gasteiger partial charge on any atom is -0.441 e. The third-order valence-electron chi connectivity index (χ3n) is 3.28. The molecule has 2 rings (SSSR count). The highest BCUT2D eigenvalue weighted by atomic mass is 16.6. The predicted octanol–water partition coefficient (Wildman–Crippen LogP) is 1.95. The summed E-state index contributed by atoms with van der Waals surface area (Å²) >= 11 is 0. The highest BCUT2D eigenvalue weighted by molar-refractivity contribution is 5.97. The van der Waals surface area contributed by atoms with Crippen LogP contribution in [0.25, 0.3) is 0 Å². The van der Waals surface area contributed by atoms with Crippen molar-refractivity contribution in [1.29, 1.82) is 0 Å². The molecule has 0 aliphatic carbocycles. The van der Waals surface area contributed by atoms with Crippen molar-refractivity contribution in [2.45, 2.75) is 25.9 Å². The number of ether oxygens (including phenoxy) is 1. The number of anilines is 1. The van der Waals surface area contributed by atoms with Gasteiger partial charge in [-0.3, -0.25) is 9.69 Å². The number of Topliss-reactive ketones (excluding diaryl/α,β-unsaturated/α-hetero) is 1. The second-order valence-corrected chi connectivity index (χ2v) is 5.05. The SMILES string of the molecule is CC(=O)c1cccc(N2CC(C)(CCN)OC2=O)c1. The van der Waals surface area contributed by atoms with Crippen molar-refractivity contribution in [3.8, 4) is 0 Å². The lowest BCUT2D eigenvalue weighted by Gasteiger charge is -2.20. The Morgan fingerprint density at radius 3 is 2.89 bits per heavy atom. The van der Waals surface area contributed by atoms with Crippen molar-refractivity contribution in [2.75, 3.05) is 18.0 Å². The topological polar surface area (TPSA) is 72.6 Å². The Morgan fingerprint density at radius 1 is 1.53 bits per heavy atom. The van der Waals surface area contributed by atoms with Crippen LogP contribution in [0.2, 0.25) is 0 Å². The van der Waals surface area contributed by atoms with E-state index in [0.717, 1.165) is 0 Å². The number of hydrogen-bond acceptors (Lipinski definition) is 4. The van der Waals surface area contributed by atoms with Gasteiger partial charge in [0.25, 0.3) is 0 Å². The Bertz CT molecular complexity index is 515. The smallest absolute Gasteiger partial charge is 0.415 e. The molecule has 1 aromatic carbocycles. The number of hydrogen-bond donors (Lipinski definition) is 1. The van der Waals surface area contributed by atoms with Crippen LogP contribution in [-0.4, -0.2) is 30.6 Å². The van der Waals surface area contributed by atoms with Crippen LogP contribution < -0.4 is 10.6 Å². The summed E-state index contributed by atoms with van der Waals surface area (Å²) < 4.78 is 5.38. The van der Waals surface area contributed by atoms with Crippen LogP contribution in [0.3, 0.4) is 0 Å². The third-order valence-corrected chi connectivity index (χ3v) is 3.28. The standard InChI is InChI=1S/C14H18N2O3/c1-10(17)11-4-3-5-12(8-11)16-9-14(2,6-7-15)19-13(16)18/h3-5,8H,6-7,9,15H2,1-2H3. The fourth-order valence-corrected chi connectivity index (χ4v) is 2.22. The fourth-order valence-electron chi connectivity index (χ4n) is 2.22. The number of carbonyl (C=O) groups excluding carboxylic acids is 2. The van der Waals surface area contributed by atoms with Gasteiger partial charge >= 0.3 is 6.09 Å². The van der Waals surface area contributed by atoms with E-state index in [0.29, 0.717) is 30.8 Å². The Balaban J connectivity index is 2.25. The number of benzene rings is 1. The van der Waals surface area contributed by atoms with E-state index in [1.54, 1.807) is 29.2 Å². The molecule has 0 bridgehead atoms. The Morgan fingerprint density at radius 2 is 2.26 bits per heavy atom. The second kappa shape index (κ2) is 5.01. The lowest BCUT2D eigenvalue weighted by atomic mass is 10.0. The van der Waals surface area contributed by atoms with E-state index in [1.807, 2.05) is 6.92 Å². The van der Waals surface area contributed by atoms with Crippen molar-refractivity contribution in [2.24, 2.45) is 5.73 Å². The molecule has 1 unspecified atom stereocenters. The van der Waals surface area contributed by atoms with Gasteiger partial charge in [-0.1, -0.05) is 12.1 Å². The lowest BCUT2D eigenvalue weighted by molar-refractivity contribution is 0.0672. The molecule has 1 fully saturated rings. The summed E-state index contributed by atoms with van der Waals surface area (Å²) in [5.74, 6) is -0.0286. The number of cyclic esters (lactones) is 1. The summed E-state index contributed by atoms with van der Waals surface area (Å²) in [6, 6.07) is 6.99. The van der Waals surface area contributed by atoms with Crippen molar-refractivity contribution < 1.29 is 14.3 Å². The van der Waals surface area contributed by atoms with E-state index < -0.39 is 11.7 Å². The van der Waals surface area contributed by atoms with Gasteiger partial charge in [-0.05, 0) is 32.5 Å². The maximum atomic E-state index is 11.9. The maximum absolute atomic E-state index is 11.9. The van der Waals surface area contributed by atoms with Crippen molar-refractivity contribution in [3.05, 3.63) is 29.8 Å². The van der Waals surface area contributed by atoms with Gasteiger partial charge < -0.3 is 10.5 Å². The van der Waals surface area contributed by atoms with Gasteiger partial charge in [0, 0.05) is 17.7 Å². The average Bonchev–Trinajstić information content (AvgIpc) is 2.65. The molecule has 1 saturated heterocycles. The van der Waals surface area contributed by atoms with Gasteiger partial charge in [0.05, 0.1) is 6.54 Å². The molecule has 102 valence electrons. The first-order valence-corrected chi connectivity index (χ1v) is 6.27. The summed E-state index contributed by atoms with van der Waals surface area (Å²) in [6.07, 6.45) is 0.221. The number of rotatable bonds is 4. The monoisotopic (exact) mass is 262 g/mol. The largest absolute Gasteiger partial charge is 0.441 e. The van der Waals surface area contributed by atoms with E-state index in [1.165, 1.54) is 6.92 Å². The normalized spacial score (nSPS) is 22.5. The number of nitrogens with zero attached hydrogens (tertiary/aromatic N) is 1. The van der Waals surface area contributed by atoms with Crippen molar-refractivity contribution in [1.82, 2.24) is 0 Å². The van der Waals surface area contributed by atoms with E-state index in [4.69, 9.17) is 10.5 Å². The molecular weight excluding hydrogens is 244 g/mol. The molecule has 0 saturated carbocycles. The highest BCUT2D eigenvalue weighted by Crippen LogP contribution is 2.30. The minimum atomic E-state index is -0.557. The van der Waals surface area contributed by atoms with E-state index in [2.05, 4.69) is 0 Å². The third kappa shape index (κ3) is 2.76. The first-order valence-electron chi connectivity index (χ1n) is 6.27. The zero-order chi connectivity index (χ0) is 14.0. The zero-order valence-corrected chi connectivity index (χ0v) is 11.2. The predicted molar refractivity (Wildman–Crippen MR) is 72.3 cm³/mol. The number of nitrogens with two attached hydrogens (primary N) is 1. The van der Waals surface area contributed by atoms with Crippen molar-refractivity contribution in [3.63, 3.8) is 0 Å². The summed E-state index contributed by atoms with van der Waals surface area (Å²) in [5, 5.41) is 0. The van der Waals surface area contributed by atoms with Crippen LogP contribution in [0.5, 0.6) is 0 Å². The van der Waals surface area contributed by atoms with Crippen LogP contribution in [0.15, 0.2) is 24.3 Å². The van der Waals surface area contributed by atoms with Crippen LogP contribution in [0.4, 0.5) is 10.5 Å². The quantitative estimate of drug-likeness (QED) is 0.842. The number of ketones is 1. The van der Waals surface area contributed by atoms with Crippen LogP contribution in [0.1, 0.15) is 30.6 Å². The van der Waals surface area contributed by atoms with Crippen LogP contribution in [0, 0.1) is 0 Å². The van der Waals surface area contributed by atoms with Crippen molar-refractivity contribution >= 4 is 17.6 Å².